The van der Waals surface area contributed by atoms with Crippen LogP contribution in [-0.4, -0.2) is 30.8 Å². The molecule has 0 aliphatic carbocycles. The summed E-state index contributed by atoms with van der Waals surface area (Å²) >= 11 is 12.1. The van der Waals surface area contributed by atoms with Gasteiger partial charge in [0, 0.05) is 41.8 Å². The molecule has 3 N–H and O–H groups in total. The Morgan fingerprint density at radius 2 is 1.88 bits per heavy atom. The molecule has 25 heavy (non-hydrogen) atoms. The predicted molar refractivity (Wildman–Crippen MR) is 103 cm³/mol. The van der Waals surface area contributed by atoms with Crippen LogP contribution in [0.3, 0.4) is 0 Å². The van der Waals surface area contributed by atoms with Crippen molar-refractivity contribution >= 4 is 23.2 Å². The first kappa shape index (κ1) is 20.0. The van der Waals surface area contributed by atoms with E-state index in [1.165, 1.54) is 0 Å². The minimum atomic E-state index is -0.317. The molecule has 0 aliphatic heterocycles. The summed E-state index contributed by atoms with van der Waals surface area (Å²) in [4.78, 5) is 0. The fraction of sp³-hybridized carbons (Fsp3) is 0.368. The summed E-state index contributed by atoms with van der Waals surface area (Å²) in [7, 11) is 0. The average molecular weight is 383 g/mol. The first-order valence-electron chi connectivity index (χ1n) is 8.30. The normalized spacial score (nSPS) is 12.2. The minimum absolute atomic E-state index is 0.317. The summed E-state index contributed by atoms with van der Waals surface area (Å²) in [5, 5.41) is 16.9. The monoisotopic (exact) mass is 382 g/mol. The lowest BCUT2D eigenvalue weighted by atomic mass is 10.2. The SMILES string of the molecule is C[C@H](O)CNCCNCc1cccc(OCc2ccc(Cl)cc2Cl)c1. The molecule has 0 saturated heterocycles. The number of rotatable bonds is 10. The molecule has 0 aromatic heterocycles. The van der Waals surface area contributed by atoms with E-state index < -0.39 is 0 Å². The van der Waals surface area contributed by atoms with E-state index in [2.05, 4.69) is 16.7 Å². The predicted octanol–water partition coefficient (Wildman–Crippen LogP) is 3.63. The van der Waals surface area contributed by atoms with Crippen LogP contribution in [0.15, 0.2) is 42.5 Å². The number of ether oxygens (including phenoxy) is 1. The van der Waals surface area contributed by atoms with Gasteiger partial charge in [-0.2, -0.15) is 0 Å². The van der Waals surface area contributed by atoms with Gasteiger partial charge in [0.2, 0.25) is 0 Å². The Kier molecular flexibility index (Phi) is 8.52. The van der Waals surface area contributed by atoms with Crippen molar-refractivity contribution in [3.05, 3.63) is 63.6 Å². The van der Waals surface area contributed by atoms with Gasteiger partial charge >= 0.3 is 0 Å². The Balaban J connectivity index is 1.76. The van der Waals surface area contributed by atoms with Crippen LogP contribution in [-0.2, 0) is 13.2 Å². The summed E-state index contributed by atoms with van der Waals surface area (Å²) in [5.74, 6) is 0.803. The zero-order chi connectivity index (χ0) is 18.1. The van der Waals surface area contributed by atoms with E-state index in [1.807, 2.05) is 24.3 Å². The third-order valence-corrected chi connectivity index (χ3v) is 4.14. The van der Waals surface area contributed by atoms with E-state index >= 15 is 0 Å². The van der Waals surface area contributed by atoms with Crippen molar-refractivity contribution in [2.75, 3.05) is 19.6 Å². The van der Waals surface area contributed by atoms with Gasteiger partial charge in [-0.1, -0.05) is 41.4 Å². The number of hydrogen-bond acceptors (Lipinski definition) is 4. The highest BCUT2D eigenvalue weighted by Gasteiger charge is 2.03. The molecule has 0 amide bonds. The standard InChI is InChI=1S/C19H24Cl2N2O2/c1-14(24)11-22-7-8-23-12-15-3-2-4-18(9-15)25-13-16-5-6-17(20)10-19(16)21/h2-6,9-10,14,22-24H,7-8,11-13H2,1H3/t14-/m0/s1. The van der Waals surface area contributed by atoms with Crippen LogP contribution in [0.1, 0.15) is 18.1 Å². The molecule has 0 bridgehead atoms. The molecule has 6 heteroatoms. The van der Waals surface area contributed by atoms with E-state index in [1.54, 1.807) is 19.1 Å². The molecule has 0 saturated carbocycles. The maximum absolute atomic E-state index is 9.17. The lowest BCUT2D eigenvalue weighted by Crippen LogP contribution is -2.31. The third-order valence-electron chi connectivity index (χ3n) is 3.56. The number of halogens is 2. The van der Waals surface area contributed by atoms with E-state index in [-0.39, 0.29) is 6.10 Å². The quantitative estimate of drug-likeness (QED) is 0.549. The average Bonchev–Trinajstić information content (AvgIpc) is 2.57. The molecule has 0 spiro atoms. The van der Waals surface area contributed by atoms with Crippen molar-refractivity contribution in [2.45, 2.75) is 26.2 Å². The van der Waals surface area contributed by atoms with Crippen molar-refractivity contribution in [1.29, 1.82) is 0 Å². The van der Waals surface area contributed by atoms with Crippen LogP contribution in [0.2, 0.25) is 10.0 Å². The Labute approximate surface area is 159 Å². The van der Waals surface area contributed by atoms with Gasteiger partial charge in [-0.15, -0.1) is 0 Å². The van der Waals surface area contributed by atoms with Gasteiger partial charge in [-0.3, -0.25) is 0 Å². The van der Waals surface area contributed by atoms with Crippen molar-refractivity contribution in [3.63, 3.8) is 0 Å². The number of aliphatic hydroxyl groups excluding tert-OH is 1. The van der Waals surface area contributed by atoms with Gasteiger partial charge in [-0.25, -0.2) is 0 Å². The Bertz CT molecular complexity index is 666. The molecule has 1 atom stereocenters. The van der Waals surface area contributed by atoms with Gasteiger partial charge in [0.1, 0.15) is 12.4 Å². The Hall–Kier alpha value is -1.30. The molecule has 0 aliphatic rings. The zero-order valence-electron chi connectivity index (χ0n) is 14.3. The van der Waals surface area contributed by atoms with Crippen LogP contribution < -0.4 is 15.4 Å². The minimum Gasteiger partial charge on any atom is -0.489 e. The van der Waals surface area contributed by atoms with E-state index in [0.717, 1.165) is 36.5 Å². The van der Waals surface area contributed by atoms with Gasteiger partial charge in [-0.05, 0) is 36.8 Å². The van der Waals surface area contributed by atoms with Crippen molar-refractivity contribution < 1.29 is 9.84 Å². The van der Waals surface area contributed by atoms with E-state index in [0.29, 0.717) is 23.2 Å². The maximum atomic E-state index is 9.17. The van der Waals surface area contributed by atoms with Gasteiger partial charge in [0.25, 0.3) is 0 Å². The van der Waals surface area contributed by atoms with Gasteiger partial charge < -0.3 is 20.5 Å². The van der Waals surface area contributed by atoms with Crippen molar-refractivity contribution in [2.24, 2.45) is 0 Å². The fourth-order valence-corrected chi connectivity index (χ4v) is 2.73. The smallest absolute Gasteiger partial charge is 0.120 e. The van der Waals surface area contributed by atoms with Crippen molar-refractivity contribution in [3.8, 4) is 5.75 Å². The Morgan fingerprint density at radius 3 is 2.64 bits per heavy atom. The Morgan fingerprint density at radius 1 is 1.08 bits per heavy atom. The highest BCUT2D eigenvalue weighted by molar-refractivity contribution is 6.35. The second-order valence-corrected chi connectivity index (χ2v) is 6.75. The second kappa shape index (κ2) is 10.6. The molecular weight excluding hydrogens is 359 g/mol. The number of aliphatic hydroxyl groups is 1. The van der Waals surface area contributed by atoms with Crippen LogP contribution in [0.4, 0.5) is 0 Å². The molecule has 0 unspecified atom stereocenters. The number of benzene rings is 2. The topological polar surface area (TPSA) is 53.5 Å². The highest BCUT2D eigenvalue weighted by Crippen LogP contribution is 2.23. The van der Waals surface area contributed by atoms with Crippen LogP contribution >= 0.6 is 23.2 Å². The van der Waals surface area contributed by atoms with E-state index in [4.69, 9.17) is 33.0 Å². The van der Waals surface area contributed by atoms with Crippen LogP contribution in [0.25, 0.3) is 0 Å². The summed E-state index contributed by atoms with van der Waals surface area (Å²) in [6, 6.07) is 13.4. The first-order chi connectivity index (χ1) is 12.0. The molecule has 0 radical (unpaired) electrons. The summed E-state index contributed by atoms with van der Waals surface area (Å²) in [5.41, 5.74) is 2.05. The summed E-state index contributed by atoms with van der Waals surface area (Å²) in [6.45, 7) is 5.18. The molecular formula is C19H24Cl2N2O2. The molecule has 4 nitrogen and oxygen atoms in total. The molecule has 0 fully saturated rings. The fourth-order valence-electron chi connectivity index (χ4n) is 2.27. The van der Waals surface area contributed by atoms with Gasteiger partial charge in [0.15, 0.2) is 0 Å². The molecule has 2 rings (SSSR count). The van der Waals surface area contributed by atoms with Crippen LogP contribution in [0.5, 0.6) is 5.75 Å². The molecule has 136 valence electrons. The van der Waals surface area contributed by atoms with Crippen molar-refractivity contribution in [1.82, 2.24) is 10.6 Å². The summed E-state index contributed by atoms with van der Waals surface area (Å²) < 4.78 is 5.83. The van der Waals surface area contributed by atoms with Crippen LogP contribution in [0, 0.1) is 0 Å². The maximum Gasteiger partial charge on any atom is 0.120 e. The molecule has 2 aromatic carbocycles. The lowest BCUT2D eigenvalue weighted by molar-refractivity contribution is 0.191. The third kappa shape index (κ3) is 7.63. The second-order valence-electron chi connectivity index (χ2n) is 5.90. The van der Waals surface area contributed by atoms with E-state index in [9.17, 15) is 0 Å². The largest absolute Gasteiger partial charge is 0.489 e. The summed E-state index contributed by atoms with van der Waals surface area (Å²) in [6.07, 6.45) is -0.317. The molecule has 0 heterocycles. The number of hydrogen-bond donors (Lipinski definition) is 3. The number of nitrogens with one attached hydrogen (secondary N) is 2. The van der Waals surface area contributed by atoms with Gasteiger partial charge in [0.05, 0.1) is 6.10 Å². The zero-order valence-corrected chi connectivity index (χ0v) is 15.8. The first-order valence-corrected chi connectivity index (χ1v) is 9.05. The lowest BCUT2D eigenvalue weighted by Gasteiger charge is -2.11. The highest BCUT2D eigenvalue weighted by atomic mass is 35.5. The molecule has 2 aromatic rings.